The van der Waals surface area contributed by atoms with Crippen molar-refractivity contribution in [3.8, 4) is 11.1 Å². The Kier molecular flexibility index (Phi) is 6.50. The smallest absolute Gasteiger partial charge is 0.407 e. The monoisotopic (exact) mass is 476 g/mol. The minimum Gasteiger partial charge on any atom is -0.481 e. The van der Waals surface area contributed by atoms with Crippen LogP contribution in [0.2, 0.25) is 0 Å². The van der Waals surface area contributed by atoms with E-state index in [1.165, 1.54) is 11.1 Å². The first-order chi connectivity index (χ1) is 17.0. The zero-order valence-electron chi connectivity index (χ0n) is 20.0. The predicted octanol–water partition coefficient (Wildman–Crippen LogP) is 4.41. The van der Waals surface area contributed by atoms with Crippen LogP contribution in [-0.2, 0) is 14.3 Å². The number of aliphatic carboxylic acids is 1. The van der Waals surface area contributed by atoms with Crippen molar-refractivity contribution < 1.29 is 24.2 Å². The van der Waals surface area contributed by atoms with E-state index in [1.807, 2.05) is 24.3 Å². The second kappa shape index (κ2) is 9.72. The highest BCUT2D eigenvalue weighted by atomic mass is 16.5. The van der Waals surface area contributed by atoms with E-state index in [2.05, 4.69) is 29.6 Å². The SMILES string of the molecule is CC1C(C(=O)O)CCN1C(=O)[C@H]1CCCC[C@H]1NC(=O)OCC1c2ccccc2-c2ccccc21. The summed E-state index contributed by atoms with van der Waals surface area (Å²) in [6.45, 7) is 2.49. The van der Waals surface area contributed by atoms with E-state index in [0.29, 0.717) is 25.8 Å². The van der Waals surface area contributed by atoms with Gasteiger partial charge in [-0.1, -0.05) is 61.4 Å². The zero-order chi connectivity index (χ0) is 24.5. The fourth-order valence-electron chi connectivity index (χ4n) is 6.18. The average Bonchev–Trinajstić information content (AvgIpc) is 3.41. The molecular formula is C28H32N2O5. The summed E-state index contributed by atoms with van der Waals surface area (Å²) in [7, 11) is 0. The van der Waals surface area contributed by atoms with E-state index in [0.717, 1.165) is 24.0 Å². The number of likely N-dealkylation sites (tertiary alicyclic amines) is 1. The molecule has 7 heteroatoms. The first-order valence-corrected chi connectivity index (χ1v) is 12.6. The van der Waals surface area contributed by atoms with Gasteiger partial charge >= 0.3 is 12.1 Å². The lowest BCUT2D eigenvalue weighted by Gasteiger charge is -2.35. The summed E-state index contributed by atoms with van der Waals surface area (Å²) in [5.74, 6) is -1.81. The highest BCUT2D eigenvalue weighted by Gasteiger charge is 2.43. The van der Waals surface area contributed by atoms with Gasteiger partial charge in [0.25, 0.3) is 0 Å². The van der Waals surface area contributed by atoms with Crippen LogP contribution >= 0.6 is 0 Å². The molecular weight excluding hydrogens is 444 g/mol. The van der Waals surface area contributed by atoms with Crippen molar-refractivity contribution in [1.29, 1.82) is 0 Å². The topological polar surface area (TPSA) is 95.9 Å². The summed E-state index contributed by atoms with van der Waals surface area (Å²) in [6, 6.07) is 15.8. The molecule has 0 radical (unpaired) electrons. The van der Waals surface area contributed by atoms with Crippen LogP contribution in [0.5, 0.6) is 0 Å². The Morgan fingerprint density at radius 1 is 0.943 bits per heavy atom. The highest BCUT2D eigenvalue weighted by Crippen LogP contribution is 2.44. The molecule has 1 aliphatic heterocycles. The van der Waals surface area contributed by atoms with E-state index in [1.54, 1.807) is 11.8 Å². The number of carboxylic acid groups (broad SMARTS) is 1. The first kappa shape index (κ1) is 23.4. The summed E-state index contributed by atoms with van der Waals surface area (Å²) in [5.41, 5.74) is 4.66. The number of nitrogens with one attached hydrogen (secondary N) is 1. The van der Waals surface area contributed by atoms with Crippen LogP contribution in [0.25, 0.3) is 11.1 Å². The maximum absolute atomic E-state index is 13.4. The maximum Gasteiger partial charge on any atom is 0.407 e. The van der Waals surface area contributed by atoms with Crippen LogP contribution in [0.3, 0.4) is 0 Å². The predicted molar refractivity (Wildman–Crippen MR) is 131 cm³/mol. The Labute approximate surface area is 205 Å². The summed E-state index contributed by atoms with van der Waals surface area (Å²) in [6.07, 6.45) is 3.23. The van der Waals surface area contributed by atoms with Gasteiger partial charge in [0, 0.05) is 24.5 Å². The Balaban J connectivity index is 1.23. The number of fused-ring (bicyclic) bond motifs is 3. The fourth-order valence-corrected chi connectivity index (χ4v) is 6.18. The Hall–Kier alpha value is -3.35. The molecule has 4 atom stereocenters. The molecule has 7 nitrogen and oxygen atoms in total. The van der Waals surface area contributed by atoms with E-state index in [4.69, 9.17) is 4.74 Å². The molecule has 2 amide bonds. The van der Waals surface area contributed by atoms with Gasteiger partial charge in [-0.05, 0) is 48.4 Å². The maximum atomic E-state index is 13.4. The highest BCUT2D eigenvalue weighted by molar-refractivity contribution is 5.83. The van der Waals surface area contributed by atoms with Gasteiger partial charge in [0.15, 0.2) is 0 Å². The van der Waals surface area contributed by atoms with Crippen LogP contribution in [0.4, 0.5) is 4.79 Å². The van der Waals surface area contributed by atoms with E-state index in [-0.39, 0.29) is 36.4 Å². The lowest BCUT2D eigenvalue weighted by molar-refractivity contribution is -0.144. The van der Waals surface area contributed by atoms with Crippen molar-refractivity contribution in [2.45, 2.75) is 57.0 Å². The number of benzene rings is 2. The molecule has 2 N–H and O–H groups in total. The summed E-state index contributed by atoms with van der Waals surface area (Å²) in [5, 5.41) is 12.4. The van der Waals surface area contributed by atoms with Gasteiger partial charge in [-0.25, -0.2) is 4.79 Å². The van der Waals surface area contributed by atoms with E-state index in [9.17, 15) is 19.5 Å². The van der Waals surface area contributed by atoms with Gasteiger partial charge in [0.05, 0.1) is 11.8 Å². The Morgan fingerprint density at radius 2 is 1.57 bits per heavy atom. The fraction of sp³-hybridized carbons (Fsp3) is 0.464. The van der Waals surface area contributed by atoms with Crippen molar-refractivity contribution in [3.63, 3.8) is 0 Å². The van der Waals surface area contributed by atoms with E-state index < -0.39 is 18.0 Å². The minimum atomic E-state index is -0.857. The third-order valence-corrected chi connectivity index (χ3v) is 8.09. The number of hydrogen-bond donors (Lipinski definition) is 2. The molecule has 0 aromatic heterocycles. The molecule has 0 spiro atoms. The first-order valence-electron chi connectivity index (χ1n) is 12.6. The molecule has 2 aliphatic carbocycles. The summed E-state index contributed by atoms with van der Waals surface area (Å²) < 4.78 is 5.71. The molecule has 0 bridgehead atoms. The van der Waals surface area contributed by atoms with Crippen molar-refractivity contribution in [2.24, 2.45) is 11.8 Å². The Morgan fingerprint density at radius 3 is 2.20 bits per heavy atom. The largest absolute Gasteiger partial charge is 0.481 e. The third-order valence-electron chi connectivity index (χ3n) is 8.09. The van der Waals surface area contributed by atoms with Gasteiger partial charge in [-0.2, -0.15) is 0 Å². The van der Waals surface area contributed by atoms with Gasteiger partial charge < -0.3 is 20.1 Å². The van der Waals surface area contributed by atoms with Crippen LogP contribution < -0.4 is 5.32 Å². The van der Waals surface area contributed by atoms with Crippen molar-refractivity contribution in [2.75, 3.05) is 13.2 Å². The van der Waals surface area contributed by atoms with Crippen molar-refractivity contribution in [3.05, 3.63) is 59.7 Å². The number of carboxylic acids is 1. The quantitative estimate of drug-likeness (QED) is 0.667. The molecule has 3 aliphatic rings. The normalized spacial score (nSPS) is 25.6. The molecule has 35 heavy (non-hydrogen) atoms. The average molecular weight is 477 g/mol. The zero-order valence-corrected chi connectivity index (χ0v) is 20.0. The molecule has 184 valence electrons. The van der Waals surface area contributed by atoms with Gasteiger partial charge in [0.1, 0.15) is 6.61 Å². The minimum absolute atomic E-state index is 0.0182. The summed E-state index contributed by atoms with van der Waals surface area (Å²) >= 11 is 0. The van der Waals surface area contributed by atoms with Crippen LogP contribution in [0.15, 0.2) is 48.5 Å². The number of ether oxygens (including phenoxy) is 1. The number of hydrogen-bond acceptors (Lipinski definition) is 4. The number of carbonyl (C=O) groups excluding carboxylic acids is 2. The number of amides is 2. The molecule has 2 aromatic carbocycles. The van der Waals surface area contributed by atoms with Crippen molar-refractivity contribution in [1.82, 2.24) is 10.2 Å². The van der Waals surface area contributed by atoms with Gasteiger partial charge in [-0.3, -0.25) is 9.59 Å². The van der Waals surface area contributed by atoms with Crippen LogP contribution in [0.1, 0.15) is 56.1 Å². The second-order valence-corrected chi connectivity index (χ2v) is 9.97. The molecule has 2 aromatic rings. The van der Waals surface area contributed by atoms with Crippen molar-refractivity contribution >= 4 is 18.0 Å². The van der Waals surface area contributed by atoms with Gasteiger partial charge in [-0.15, -0.1) is 0 Å². The molecule has 2 fully saturated rings. The molecule has 1 saturated carbocycles. The van der Waals surface area contributed by atoms with E-state index >= 15 is 0 Å². The lowest BCUT2D eigenvalue weighted by Crippen LogP contribution is -2.51. The number of rotatable bonds is 5. The number of carbonyl (C=O) groups is 3. The van der Waals surface area contributed by atoms with Crippen LogP contribution in [-0.4, -0.2) is 53.2 Å². The third kappa shape index (κ3) is 4.40. The lowest BCUT2D eigenvalue weighted by atomic mass is 9.83. The molecule has 1 saturated heterocycles. The van der Waals surface area contributed by atoms with Gasteiger partial charge in [0.2, 0.25) is 5.91 Å². The number of alkyl carbamates (subject to hydrolysis) is 1. The molecule has 2 unspecified atom stereocenters. The summed E-state index contributed by atoms with van der Waals surface area (Å²) in [4.78, 5) is 39.4. The standard InChI is InChI=1S/C28H32N2O5/c1-17-18(27(32)33)14-15-30(17)26(31)23-12-6-7-13-25(23)29-28(34)35-16-24-21-10-4-2-8-19(21)20-9-3-5-11-22(20)24/h2-5,8-11,17-18,23-25H,6-7,12-16H2,1H3,(H,29,34)(H,32,33)/t17?,18?,23-,25+/m0/s1. The van der Waals surface area contributed by atoms with Crippen LogP contribution in [0, 0.1) is 11.8 Å². The molecule has 5 rings (SSSR count). The number of nitrogens with zero attached hydrogens (tertiary/aromatic N) is 1. The second-order valence-electron chi connectivity index (χ2n) is 9.97. The molecule has 1 heterocycles. The Bertz CT molecular complexity index is 1090.